The van der Waals surface area contributed by atoms with Crippen molar-refractivity contribution in [2.24, 2.45) is 69.5 Å². The molecule has 12 unspecified atom stereocenters. The van der Waals surface area contributed by atoms with E-state index in [1.165, 1.54) is 12.8 Å². The molecule has 12 heteroatoms. The van der Waals surface area contributed by atoms with Gasteiger partial charge in [-0.1, -0.05) is 100 Å². The van der Waals surface area contributed by atoms with Crippen LogP contribution in [-0.4, -0.2) is 70.9 Å². The molecule has 9 aliphatic rings. The van der Waals surface area contributed by atoms with Gasteiger partial charge in [-0.05, 0) is 234 Å². The van der Waals surface area contributed by atoms with Crippen LogP contribution in [-0.2, 0) is 57.2 Å². The first-order chi connectivity index (χ1) is 34.7. The molecule has 0 spiro atoms. The largest absolute Gasteiger partial charge is 0.462 e. The molecule has 0 N–H and O–H groups in total. The summed E-state index contributed by atoms with van der Waals surface area (Å²) in [4.78, 5) is 75.6. The molecule has 6 bridgehead atoms. The summed E-state index contributed by atoms with van der Waals surface area (Å²) in [5.41, 5.74) is -2.19. The monoisotopic (exact) mass is 1180 g/mol. The topological polar surface area (TPSA) is 158 Å². The van der Waals surface area contributed by atoms with Crippen LogP contribution in [0.4, 0.5) is 0 Å². The van der Waals surface area contributed by atoms with E-state index in [9.17, 15) is 28.8 Å². The fourth-order valence-corrected chi connectivity index (χ4v) is 14.6. The highest BCUT2D eigenvalue weighted by Gasteiger charge is 2.56. The SMILES string of the molecule is C.C.C.C.C.C.C.C.C.CC1(OC(=O)C2CC3CC(OC(=O)C(C)(C)C)C2C3)CCCC1.CCC(C)(C)C(=O)OC1CC2CC(C(=O)OC3(C)CCCCC3)C1C2.CCC1(OC(=O)C2CC3CC(OC(=O)C(C)(C)CC)C2C3)CCCCC1. The Morgan fingerprint density at radius 1 is 0.373 bits per heavy atom. The lowest BCUT2D eigenvalue weighted by molar-refractivity contribution is -0.177. The maximum absolute atomic E-state index is 13.0. The summed E-state index contributed by atoms with van der Waals surface area (Å²) in [6.45, 7) is 23.6. The van der Waals surface area contributed by atoms with E-state index < -0.39 is 16.2 Å². The highest BCUT2D eigenvalue weighted by molar-refractivity contribution is 5.78. The highest BCUT2D eigenvalue weighted by atomic mass is 16.6. The lowest BCUT2D eigenvalue weighted by Gasteiger charge is -2.38. The molecule has 83 heavy (non-hydrogen) atoms. The lowest BCUT2D eigenvalue weighted by Crippen LogP contribution is -2.42. The second-order valence-corrected chi connectivity index (χ2v) is 28.1. The zero-order valence-corrected chi connectivity index (χ0v) is 48.2. The van der Waals surface area contributed by atoms with Gasteiger partial charge in [0, 0.05) is 17.8 Å². The summed E-state index contributed by atoms with van der Waals surface area (Å²) in [7, 11) is 0. The van der Waals surface area contributed by atoms with Crippen LogP contribution in [0.3, 0.4) is 0 Å². The molecule has 0 aromatic carbocycles. The number of hydrogen-bond acceptors (Lipinski definition) is 12. The molecule has 0 aromatic rings. The van der Waals surface area contributed by atoms with E-state index >= 15 is 0 Å². The molecule has 9 rings (SSSR count). The number of rotatable bonds is 14. The van der Waals surface area contributed by atoms with Gasteiger partial charge in [-0.15, -0.1) is 0 Å². The van der Waals surface area contributed by atoms with Gasteiger partial charge in [0.2, 0.25) is 0 Å². The molecule has 12 atom stereocenters. The van der Waals surface area contributed by atoms with Gasteiger partial charge >= 0.3 is 35.8 Å². The predicted octanol–water partition coefficient (Wildman–Crippen LogP) is 19.3. The first kappa shape index (κ1) is 84.0. The van der Waals surface area contributed by atoms with E-state index in [1.807, 2.05) is 62.3 Å². The number of carbonyl (C=O) groups excluding carboxylic acids is 6. The standard InChI is InChI=1S/C22H36O4.C21H34O4.C19H30O4.9CH4/c1-5-21(3,4)20(24)25-18-14-15-12-16(18)17(13-15)19(23)26-22(6-2)10-8-7-9-11-22;1-5-20(2,3)19(23)24-17-13-14-11-15(17)16(12-14)18(22)25-21(4)9-7-6-8-10-21;1-18(2,3)17(21)22-15-11-12-9-13(15)14(10-12)16(20)23-19(4)7-5-6-8-19;;;;;;;;;/h15-18H,5-14H2,1-4H3;14-17H,5-13H2,1-4H3;12-15H,5-11H2,1-4H3;9*1H4. The van der Waals surface area contributed by atoms with Crippen molar-refractivity contribution in [3.63, 3.8) is 0 Å². The van der Waals surface area contributed by atoms with Crippen molar-refractivity contribution in [3.05, 3.63) is 0 Å². The van der Waals surface area contributed by atoms with E-state index in [4.69, 9.17) is 28.4 Å². The number of fused-ring (bicyclic) bond motifs is 6. The van der Waals surface area contributed by atoms with Crippen LogP contribution in [0.1, 0.15) is 317 Å². The molecule has 0 aliphatic heterocycles. The van der Waals surface area contributed by atoms with Crippen molar-refractivity contribution < 1.29 is 57.2 Å². The molecule has 9 saturated carbocycles. The van der Waals surface area contributed by atoms with Gasteiger partial charge in [0.05, 0.1) is 34.0 Å². The normalized spacial score (nSPS) is 30.4. The fraction of sp³-hybridized carbons (Fsp3) is 0.915. The summed E-state index contributed by atoms with van der Waals surface area (Å²) >= 11 is 0. The lowest BCUT2D eigenvalue weighted by atomic mass is 9.81. The zero-order valence-electron chi connectivity index (χ0n) is 48.2. The number of esters is 6. The molecule has 0 heterocycles. The fourth-order valence-electron chi connectivity index (χ4n) is 14.6. The van der Waals surface area contributed by atoms with Crippen LogP contribution >= 0.6 is 0 Å². The van der Waals surface area contributed by atoms with E-state index in [0.717, 1.165) is 154 Å². The van der Waals surface area contributed by atoms with E-state index in [-0.39, 0.29) is 173 Å². The highest BCUT2D eigenvalue weighted by Crippen LogP contribution is 2.54. The number of hydrogen-bond donors (Lipinski definition) is 0. The van der Waals surface area contributed by atoms with Gasteiger partial charge in [-0.3, -0.25) is 28.8 Å². The molecule has 9 fully saturated rings. The Kier molecular flexibility index (Phi) is 34.2. The van der Waals surface area contributed by atoms with Crippen molar-refractivity contribution in [2.75, 3.05) is 0 Å². The third kappa shape index (κ3) is 20.2. The Labute approximate surface area is 512 Å². The van der Waals surface area contributed by atoms with Crippen LogP contribution in [0.2, 0.25) is 0 Å². The summed E-state index contributed by atoms with van der Waals surface area (Å²) in [6.07, 6.45) is 25.9. The Morgan fingerprint density at radius 2 is 0.651 bits per heavy atom. The first-order valence-electron chi connectivity index (χ1n) is 30.0. The third-order valence-electron chi connectivity index (χ3n) is 20.4. The Morgan fingerprint density at radius 3 is 0.928 bits per heavy atom. The zero-order chi connectivity index (χ0) is 54.0. The van der Waals surface area contributed by atoms with Gasteiger partial charge in [-0.2, -0.15) is 0 Å². The Hall–Kier alpha value is -3.18. The minimum Gasteiger partial charge on any atom is -0.462 e. The molecule has 0 saturated heterocycles. The van der Waals surface area contributed by atoms with E-state index in [0.29, 0.717) is 17.8 Å². The maximum Gasteiger partial charge on any atom is 0.311 e. The Balaban J connectivity index is -0.00000110. The molecular weight excluding hydrogens is 1040 g/mol. The molecule has 0 radical (unpaired) electrons. The molecule has 492 valence electrons. The average molecular weight is 1180 g/mol. The summed E-state index contributed by atoms with van der Waals surface area (Å²) in [6, 6.07) is 0. The van der Waals surface area contributed by atoms with Crippen LogP contribution in [0.25, 0.3) is 0 Å². The summed E-state index contributed by atoms with van der Waals surface area (Å²) < 4.78 is 35.4. The summed E-state index contributed by atoms with van der Waals surface area (Å²) in [5, 5.41) is 0. The van der Waals surface area contributed by atoms with Crippen molar-refractivity contribution in [3.8, 4) is 0 Å². The quantitative estimate of drug-likeness (QED) is 0.120. The van der Waals surface area contributed by atoms with Gasteiger partial charge in [0.1, 0.15) is 35.1 Å². The van der Waals surface area contributed by atoms with Crippen molar-refractivity contribution >= 4 is 35.8 Å². The van der Waals surface area contributed by atoms with Gasteiger partial charge in [-0.25, -0.2) is 0 Å². The van der Waals surface area contributed by atoms with Gasteiger partial charge < -0.3 is 28.4 Å². The maximum atomic E-state index is 13.0. The summed E-state index contributed by atoms with van der Waals surface area (Å²) in [5.74, 6) is 1.19. The van der Waals surface area contributed by atoms with E-state index in [2.05, 4.69) is 20.8 Å². The molecule has 9 aliphatic carbocycles. The van der Waals surface area contributed by atoms with Crippen LogP contribution in [0.15, 0.2) is 0 Å². The van der Waals surface area contributed by atoms with Gasteiger partial charge in [0.25, 0.3) is 0 Å². The number of ether oxygens (including phenoxy) is 6. The van der Waals surface area contributed by atoms with Crippen molar-refractivity contribution in [2.45, 2.75) is 352 Å². The second-order valence-electron chi connectivity index (χ2n) is 28.1. The van der Waals surface area contributed by atoms with Crippen LogP contribution < -0.4 is 0 Å². The van der Waals surface area contributed by atoms with Crippen LogP contribution in [0, 0.1) is 69.5 Å². The van der Waals surface area contributed by atoms with Crippen LogP contribution in [0.5, 0.6) is 0 Å². The minimum absolute atomic E-state index is 0. The van der Waals surface area contributed by atoms with Gasteiger partial charge in [0.15, 0.2) is 0 Å². The second kappa shape index (κ2) is 33.8. The predicted molar refractivity (Wildman–Crippen MR) is 344 cm³/mol. The molecule has 0 amide bonds. The smallest absolute Gasteiger partial charge is 0.311 e. The third-order valence-corrected chi connectivity index (χ3v) is 20.4. The molecule has 12 nitrogen and oxygen atoms in total. The van der Waals surface area contributed by atoms with Crippen molar-refractivity contribution in [1.82, 2.24) is 0 Å². The first-order valence-corrected chi connectivity index (χ1v) is 30.0. The average Bonchev–Trinajstić information content (AvgIpc) is 4.24. The number of carbonyl (C=O) groups is 6. The Bertz CT molecular complexity index is 1980. The molecular formula is C71H136O12. The van der Waals surface area contributed by atoms with Crippen molar-refractivity contribution in [1.29, 1.82) is 0 Å². The van der Waals surface area contributed by atoms with E-state index in [1.54, 1.807) is 0 Å². The minimum atomic E-state index is -0.491. The molecule has 0 aromatic heterocycles.